The van der Waals surface area contributed by atoms with Gasteiger partial charge >= 0.3 is 0 Å². The Morgan fingerprint density at radius 3 is 2.64 bits per heavy atom. The minimum atomic E-state index is -0.833. The zero-order chi connectivity index (χ0) is 24.4. The number of fused-ring (bicyclic) bond motifs is 2. The quantitative estimate of drug-likeness (QED) is 0.494. The third-order valence-corrected chi connectivity index (χ3v) is 5.59. The molecule has 2 fully saturated rings. The molecule has 3 aliphatic rings. The summed E-state index contributed by atoms with van der Waals surface area (Å²) >= 11 is 0. The van der Waals surface area contributed by atoms with Gasteiger partial charge in [-0.2, -0.15) is 0 Å². The fourth-order valence-electron chi connectivity index (χ4n) is 4.14. The van der Waals surface area contributed by atoms with Crippen LogP contribution in [0.1, 0.15) is 50.2 Å². The zero-order valence-corrected chi connectivity index (χ0v) is 19.5. The molecule has 0 aromatic carbocycles. The van der Waals surface area contributed by atoms with Gasteiger partial charge in [-0.05, 0) is 26.3 Å². The molecule has 4 rings (SSSR count). The van der Waals surface area contributed by atoms with E-state index in [4.69, 9.17) is 24.5 Å². The first-order chi connectivity index (χ1) is 15.7. The molecule has 4 N–H and O–H groups in total. The van der Waals surface area contributed by atoms with E-state index >= 15 is 0 Å². The molecule has 0 spiro atoms. The summed E-state index contributed by atoms with van der Waals surface area (Å²) in [6.07, 6.45) is 5.85. The highest BCUT2D eigenvalue weighted by Gasteiger charge is 2.35. The molecule has 1 aliphatic carbocycles. The first-order valence-corrected chi connectivity index (χ1v) is 11.2. The van der Waals surface area contributed by atoms with Gasteiger partial charge in [0.1, 0.15) is 5.82 Å². The number of carboxylic acid groups (broad SMARTS) is 2. The Bertz CT molecular complexity index is 800. The van der Waals surface area contributed by atoms with Gasteiger partial charge in [-0.3, -0.25) is 14.4 Å². The van der Waals surface area contributed by atoms with Gasteiger partial charge in [-0.15, -0.1) is 0 Å². The van der Waals surface area contributed by atoms with E-state index in [9.17, 15) is 4.79 Å². The Morgan fingerprint density at radius 2 is 1.94 bits per heavy atom. The summed E-state index contributed by atoms with van der Waals surface area (Å²) < 4.78 is 5.78. The maximum Gasteiger partial charge on any atom is 0.300 e. The standard InChI is InChI=1S/C18H27N5O2.2C2H4O2/c1-23-6-4-14-13(11-23)9-20-17(22-14)10-21-18(24)12-2-3-16-15(8-12)19-5-7-25-16;2*1-2(3)4/h9,12,15-16,19H,2-8,10-11H2,1H3,(H,21,24);2*1H3,(H,3,4)/t12-,15+,16+;;/m0../s1. The number of aliphatic carboxylic acids is 2. The molecule has 1 saturated heterocycles. The van der Waals surface area contributed by atoms with E-state index in [2.05, 4.69) is 32.5 Å². The Balaban J connectivity index is 0.000000420. The van der Waals surface area contributed by atoms with Crippen LogP contribution in [0.15, 0.2) is 6.20 Å². The summed E-state index contributed by atoms with van der Waals surface area (Å²) in [7, 11) is 2.11. The van der Waals surface area contributed by atoms with Crippen molar-refractivity contribution >= 4 is 17.8 Å². The van der Waals surface area contributed by atoms with Crippen molar-refractivity contribution in [3.8, 4) is 0 Å². The third kappa shape index (κ3) is 9.40. The van der Waals surface area contributed by atoms with Gasteiger partial charge in [0.15, 0.2) is 0 Å². The van der Waals surface area contributed by atoms with Crippen LogP contribution < -0.4 is 10.6 Å². The normalized spacial score (nSPS) is 23.9. The van der Waals surface area contributed by atoms with Crippen LogP contribution in [0, 0.1) is 5.92 Å². The van der Waals surface area contributed by atoms with Crippen LogP contribution in [-0.4, -0.2) is 81.8 Å². The average molecular weight is 466 g/mol. The Morgan fingerprint density at radius 1 is 1.24 bits per heavy atom. The Kier molecular flexibility index (Phi) is 10.6. The van der Waals surface area contributed by atoms with Gasteiger partial charge in [-0.25, -0.2) is 9.97 Å². The van der Waals surface area contributed by atoms with Crippen LogP contribution >= 0.6 is 0 Å². The number of nitrogens with one attached hydrogen (secondary N) is 2. The van der Waals surface area contributed by atoms with E-state index in [1.807, 2.05) is 6.20 Å². The van der Waals surface area contributed by atoms with Crippen molar-refractivity contribution in [1.29, 1.82) is 0 Å². The molecule has 3 atom stereocenters. The van der Waals surface area contributed by atoms with E-state index in [-0.39, 0.29) is 17.9 Å². The lowest BCUT2D eigenvalue weighted by Gasteiger charge is -2.39. The highest BCUT2D eigenvalue weighted by molar-refractivity contribution is 5.78. The number of likely N-dealkylation sites (N-methyl/N-ethyl adjacent to an activating group) is 1. The third-order valence-electron chi connectivity index (χ3n) is 5.59. The van der Waals surface area contributed by atoms with E-state index in [0.29, 0.717) is 18.4 Å². The van der Waals surface area contributed by atoms with Crippen LogP contribution in [0.3, 0.4) is 0 Å². The summed E-state index contributed by atoms with van der Waals surface area (Å²) in [6.45, 7) is 6.17. The Hall–Kier alpha value is -2.63. The van der Waals surface area contributed by atoms with Gasteiger partial charge in [-0.1, -0.05) is 0 Å². The number of aromatic nitrogens is 2. The largest absolute Gasteiger partial charge is 0.481 e. The number of carboxylic acids is 2. The minimum Gasteiger partial charge on any atom is -0.481 e. The summed E-state index contributed by atoms with van der Waals surface area (Å²) in [5.41, 5.74) is 2.33. The number of rotatable bonds is 3. The number of hydrogen-bond acceptors (Lipinski definition) is 8. The molecule has 0 radical (unpaired) electrons. The maximum atomic E-state index is 12.5. The maximum absolute atomic E-state index is 12.5. The first kappa shape index (κ1) is 26.6. The molecule has 0 bridgehead atoms. The monoisotopic (exact) mass is 465 g/mol. The van der Waals surface area contributed by atoms with Crippen molar-refractivity contribution in [3.63, 3.8) is 0 Å². The van der Waals surface area contributed by atoms with Crippen LogP contribution in [-0.2, 0) is 38.6 Å². The average Bonchev–Trinajstić information content (AvgIpc) is 2.76. The topological polar surface area (TPSA) is 154 Å². The van der Waals surface area contributed by atoms with Crippen LogP contribution in [0.5, 0.6) is 0 Å². The smallest absolute Gasteiger partial charge is 0.300 e. The van der Waals surface area contributed by atoms with Gasteiger partial charge in [0.25, 0.3) is 11.9 Å². The highest BCUT2D eigenvalue weighted by Crippen LogP contribution is 2.28. The predicted octanol–water partition coefficient (Wildman–Crippen LogP) is 0.420. The lowest BCUT2D eigenvalue weighted by Crippen LogP contribution is -2.53. The van der Waals surface area contributed by atoms with E-state index in [1.165, 1.54) is 5.56 Å². The van der Waals surface area contributed by atoms with Crippen molar-refractivity contribution in [2.45, 2.75) is 64.8 Å². The summed E-state index contributed by atoms with van der Waals surface area (Å²) in [6, 6.07) is 0.315. The molecule has 0 unspecified atom stereocenters. The fraction of sp³-hybridized carbons (Fsp3) is 0.682. The molecule has 1 saturated carbocycles. The number of carbonyl (C=O) groups is 3. The number of carbonyl (C=O) groups excluding carboxylic acids is 1. The van der Waals surface area contributed by atoms with Crippen molar-refractivity contribution in [3.05, 3.63) is 23.3 Å². The highest BCUT2D eigenvalue weighted by atomic mass is 16.5. The molecular weight excluding hydrogens is 430 g/mol. The number of nitrogens with zero attached hydrogens (tertiary/aromatic N) is 3. The van der Waals surface area contributed by atoms with Gasteiger partial charge in [0.2, 0.25) is 5.91 Å². The van der Waals surface area contributed by atoms with E-state index < -0.39 is 11.9 Å². The molecule has 11 heteroatoms. The molecule has 1 amide bonds. The number of hydrogen-bond donors (Lipinski definition) is 4. The molecule has 1 aromatic rings. The fourth-order valence-corrected chi connectivity index (χ4v) is 4.14. The van der Waals surface area contributed by atoms with Crippen LogP contribution in [0.4, 0.5) is 0 Å². The SMILES string of the molecule is CC(=O)O.CC(=O)O.CN1CCc2nc(CNC(=O)[C@H]3CC[C@H]4OCCN[C@@H]4C3)ncc2C1. The van der Waals surface area contributed by atoms with Crippen molar-refractivity contribution in [2.24, 2.45) is 5.92 Å². The number of amides is 1. The van der Waals surface area contributed by atoms with Gasteiger partial charge in [0, 0.05) is 69.3 Å². The summed E-state index contributed by atoms with van der Waals surface area (Å²) in [4.78, 5) is 41.9. The Labute approximate surface area is 193 Å². The van der Waals surface area contributed by atoms with E-state index in [1.54, 1.807) is 0 Å². The van der Waals surface area contributed by atoms with Crippen molar-refractivity contribution in [2.75, 3.05) is 26.7 Å². The lowest BCUT2D eigenvalue weighted by atomic mass is 9.82. The lowest BCUT2D eigenvalue weighted by molar-refractivity contribution is -0.135. The molecule has 2 aliphatic heterocycles. The molecule has 33 heavy (non-hydrogen) atoms. The van der Waals surface area contributed by atoms with Gasteiger partial charge < -0.3 is 30.5 Å². The van der Waals surface area contributed by atoms with Crippen LogP contribution in [0.25, 0.3) is 0 Å². The molecule has 184 valence electrons. The molecular formula is C22H35N5O6. The summed E-state index contributed by atoms with van der Waals surface area (Å²) in [5.74, 6) is -0.780. The second-order valence-electron chi connectivity index (χ2n) is 8.48. The predicted molar refractivity (Wildman–Crippen MR) is 119 cm³/mol. The molecule has 11 nitrogen and oxygen atoms in total. The second kappa shape index (κ2) is 13.2. The first-order valence-electron chi connectivity index (χ1n) is 11.2. The molecule has 1 aromatic heterocycles. The van der Waals surface area contributed by atoms with Gasteiger partial charge in [0.05, 0.1) is 19.3 Å². The van der Waals surface area contributed by atoms with Crippen LogP contribution in [0.2, 0.25) is 0 Å². The van der Waals surface area contributed by atoms with Crippen molar-refractivity contribution < 1.29 is 29.3 Å². The minimum absolute atomic E-state index is 0.0572. The number of morpholine rings is 1. The van der Waals surface area contributed by atoms with E-state index in [0.717, 1.165) is 71.5 Å². The second-order valence-corrected chi connectivity index (χ2v) is 8.48. The van der Waals surface area contributed by atoms with Crippen molar-refractivity contribution in [1.82, 2.24) is 25.5 Å². The summed E-state index contributed by atoms with van der Waals surface area (Å²) in [5, 5.41) is 21.4. The number of ether oxygens (including phenoxy) is 1. The zero-order valence-electron chi connectivity index (χ0n) is 19.5. The molecule has 3 heterocycles.